The van der Waals surface area contributed by atoms with Crippen molar-refractivity contribution in [2.75, 3.05) is 39.4 Å². The van der Waals surface area contributed by atoms with Crippen LogP contribution in [-0.4, -0.2) is 60.2 Å². The van der Waals surface area contributed by atoms with Gasteiger partial charge in [-0.05, 0) is 17.5 Å². The Morgan fingerprint density at radius 3 is 2.81 bits per heavy atom. The molecule has 1 aromatic rings. The van der Waals surface area contributed by atoms with Gasteiger partial charge in [0.25, 0.3) is 0 Å². The monoisotopic (exact) mass is 290 g/mol. The van der Waals surface area contributed by atoms with Crippen molar-refractivity contribution in [3.8, 4) is 0 Å². The van der Waals surface area contributed by atoms with E-state index in [1.807, 2.05) is 29.2 Å². The van der Waals surface area contributed by atoms with E-state index in [2.05, 4.69) is 4.90 Å². The number of morpholine rings is 1. The Morgan fingerprint density at radius 1 is 1.24 bits per heavy atom. The molecule has 1 aromatic carbocycles. The van der Waals surface area contributed by atoms with Crippen LogP contribution in [0, 0.1) is 0 Å². The fraction of sp³-hybridized carbons (Fsp3) is 0.562. The molecule has 0 saturated carbocycles. The molecule has 1 saturated heterocycles. The normalized spacial score (nSPS) is 23.5. The van der Waals surface area contributed by atoms with E-state index in [1.54, 1.807) is 0 Å². The standard InChI is InChI=1S/C16H22N2O3/c19-15-5-6-17(11-13-3-1-2-4-14(13)15)12-16(20)18-7-9-21-10-8-18/h1-4,15,19H,5-12H2. The number of hydrogen-bond donors (Lipinski definition) is 1. The quantitative estimate of drug-likeness (QED) is 0.875. The number of carbonyl (C=O) groups is 1. The zero-order valence-corrected chi connectivity index (χ0v) is 12.2. The maximum absolute atomic E-state index is 12.3. The molecule has 2 aliphatic heterocycles. The zero-order valence-electron chi connectivity index (χ0n) is 12.2. The molecule has 114 valence electrons. The summed E-state index contributed by atoms with van der Waals surface area (Å²) in [6.45, 7) is 4.52. The van der Waals surface area contributed by atoms with Crippen LogP contribution in [0.4, 0.5) is 0 Å². The average Bonchev–Trinajstić information content (AvgIpc) is 2.68. The Bertz CT molecular complexity index is 500. The molecule has 0 spiro atoms. The summed E-state index contributed by atoms with van der Waals surface area (Å²) >= 11 is 0. The molecule has 0 aliphatic carbocycles. The molecule has 21 heavy (non-hydrogen) atoms. The number of aliphatic hydroxyl groups excluding tert-OH is 1. The van der Waals surface area contributed by atoms with Crippen molar-refractivity contribution in [1.82, 2.24) is 9.80 Å². The van der Waals surface area contributed by atoms with E-state index >= 15 is 0 Å². The van der Waals surface area contributed by atoms with Crippen LogP contribution in [0.5, 0.6) is 0 Å². The van der Waals surface area contributed by atoms with Crippen molar-refractivity contribution < 1.29 is 14.6 Å². The second-order valence-corrected chi connectivity index (χ2v) is 5.71. The van der Waals surface area contributed by atoms with Crippen LogP contribution in [-0.2, 0) is 16.1 Å². The van der Waals surface area contributed by atoms with Crippen molar-refractivity contribution in [3.63, 3.8) is 0 Å². The fourth-order valence-electron chi connectivity index (χ4n) is 3.02. The molecule has 5 nitrogen and oxygen atoms in total. The van der Waals surface area contributed by atoms with Crippen LogP contribution in [0.15, 0.2) is 24.3 Å². The molecular weight excluding hydrogens is 268 g/mol. The van der Waals surface area contributed by atoms with Gasteiger partial charge in [-0.1, -0.05) is 24.3 Å². The zero-order chi connectivity index (χ0) is 14.7. The topological polar surface area (TPSA) is 53.0 Å². The van der Waals surface area contributed by atoms with Crippen LogP contribution >= 0.6 is 0 Å². The summed E-state index contributed by atoms with van der Waals surface area (Å²) in [5.74, 6) is 0.159. The Kier molecular flexibility index (Phi) is 4.53. The Morgan fingerprint density at radius 2 is 2.00 bits per heavy atom. The minimum absolute atomic E-state index is 0.159. The first-order valence-electron chi connectivity index (χ1n) is 7.58. The molecule has 2 heterocycles. The molecule has 0 radical (unpaired) electrons. The van der Waals surface area contributed by atoms with E-state index in [4.69, 9.17) is 4.74 Å². The SMILES string of the molecule is O=C(CN1CCC(O)c2ccccc2C1)N1CCOCC1. The summed E-state index contributed by atoms with van der Waals surface area (Å²) in [5, 5.41) is 10.2. The lowest BCUT2D eigenvalue weighted by Crippen LogP contribution is -2.45. The third kappa shape index (κ3) is 3.43. The van der Waals surface area contributed by atoms with Gasteiger partial charge in [0.05, 0.1) is 25.9 Å². The van der Waals surface area contributed by atoms with Crippen molar-refractivity contribution in [1.29, 1.82) is 0 Å². The lowest BCUT2D eigenvalue weighted by Gasteiger charge is -2.29. The van der Waals surface area contributed by atoms with Gasteiger partial charge < -0.3 is 14.7 Å². The van der Waals surface area contributed by atoms with Crippen molar-refractivity contribution in [3.05, 3.63) is 35.4 Å². The summed E-state index contributed by atoms with van der Waals surface area (Å²) in [6, 6.07) is 7.96. The first kappa shape index (κ1) is 14.5. The lowest BCUT2D eigenvalue weighted by molar-refractivity contribution is -0.136. The van der Waals surface area contributed by atoms with Gasteiger partial charge in [-0.3, -0.25) is 9.69 Å². The van der Waals surface area contributed by atoms with Gasteiger partial charge in [-0.15, -0.1) is 0 Å². The fourth-order valence-corrected chi connectivity index (χ4v) is 3.02. The summed E-state index contributed by atoms with van der Waals surface area (Å²) < 4.78 is 5.28. The number of carbonyl (C=O) groups excluding carboxylic acids is 1. The number of fused-ring (bicyclic) bond motifs is 1. The number of benzene rings is 1. The van der Waals surface area contributed by atoms with Gasteiger partial charge in [0.2, 0.25) is 5.91 Å². The second kappa shape index (κ2) is 6.56. The number of hydrogen-bond acceptors (Lipinski definition) is 4. The molecule has 0 aromatic heterocycles. The second-order valence-electron chi connectivity index (χ2n) is 5.71. The van der Waals surface area contributed by atoms with Crippen molar-refractivity contribution in [2.24, 2.45) is 0 Å². The average molecular weight is 290 g/mol. The lowest BCUT2D eigenvalue weighted by atomic mass is 10.0. The van der Waals surface area contributed by atoms with Crippen LogP contribution in [0.1, 0.15) is 23.7 Å². The van der Waals surface area contributed by atoms with Crippen LogP contribution in [0.25, 0.3) is 0 Å². The molecular formula is C16H22N2O3. The first-order chi connectivity index (χ1) is 10.2. The van der Waals surface area contributed by atoms with Crippen LogP contribution in [0.3, 0.4) is 0 Å². The van der Waals surface area contributed by atoms with Gasteiger partial charge in [0, 0.05) is 26.2 Å². The predicted octanol–water partition coefficient (Wildman–Crippen LogP) is 0.785. The van der Waals surface area contributed by atoms with E-state index in [-0.39, 0.29) is 5.91 Å². The van der Waals surface area contributed by atoms with Crippen LogP contribution in [0.2, 0.25) is 0 Å². The molecule has 1 unspecified atom stereocenters. The Balaban J connectivity index is 1.65. The third-order valence-electron chi connectivity index (χ3n) is 4.25. The molecule has 2 aliphatic rings. The molecule has 5 heteroatoms. The highest BCUT2D eigenvalue weighted by Crippen LogP contribution is 2.26. The Labute approximate surface area is 125 Å². The smallest absolute Gasteiger partial charge is 0.236 e. The summed E-state index contributed by atoms with van der Waals surface area (Å²) in [5.41, 5.74) is 2.12. The highest BCUT2D eigenvalue weighted by Gasteiger charge is 2.24. The number of rotatable bonds is 2. The number of ether oxygens (including phenoxy) is 1. The minimum atomic E-state index is -0.426. The number of aliphatic hydroxyl groups is 1. The van der Waals surface area contributed by atoms with E-state index in [0.29, 0.717) is 39.3 Å². The highest BCUT2D eigenvalue weighted by molar-refractivity contribution is 5.78. The highest BCUT2D eigenvalue weighted by atomic mass is 16.5. The van der Waals surface area contributed by atoms with Gasteiger partial charge in [0.1, 0.15) is 0 Å². The maximum atomic E-state index is 12.3. The largest absolute Gasteiger partial charge is 0.388 e. The number of nitrogens with zero attached hydrogens (tertiary/aromatic N) is 2. The molecule has 3 rings (SSSR count). The summed E-state index contributed by atoms with van der Waals surface area (Å²) in [6.07, 6.45) is 0.248. The van der Waals surface area contributed by atoms with Crippen molar-refractivity contribution in [2.45, 2.75) is 19.1 Å². The predicted molar refractivity (Wildman–Crippen MR) is 78.7 cm³/mol. The van der Waals surface area contributed by atoms with Gasteiger partial charge in [-0.25, -0.2) is 0 Å². The summed E-state index contributed by atoms with van der Waals surface area (Å²) in [7, 11) is 0. The molecule has 0 bridgehead atoms. The van der Waals surface area contributed by atoms with Crippen molar-refractivity contribution >= 4 is 5.91 Å². The first-order valence-corrected chi connectivity index (χ1v) is 7.58. The van der Waals surface area contributed by atoms with E-state index < -0.39 is 6.10 Å². The third-order valence-corrected chi connectivity index (χ3v) is 4.25. The van der Waals surface area contributed by atoms with E-state index in [1.165, 1.54) is 0 Å². The molecule has 1 fully saturated rings. The summed E-state index contributed by atoms with van der Waals surface area (Å²) in [4.78, 5) is 16.3. The maximum Gasteiger partial charge on any atom is 0.236 e. The number of amides is 1. The molecule has 1 atom stereocenters. The minimum Gasteiger partial charge on any atom is -0.388 e. The van der Waals surface area contributed by atoms with Gasteiger partial charge >= 0.3 is 0 Å². The van der Waals surface area contributed by atoms with Crippen LogP contribution < -0.4 is 0 Å². The van der Waals surface area contributed by atoms with Gasteiger partial charge in [0.15, 0.2) is 0 Å². The van der Waals surface area contributed by atoms with Gasteiger partial charge in [-0.2, -0.15) is 0 Å². The Hall–Kier alpha value is -1.43. The van der Waals surface area contributed by atoms with E-state index in [0.717, 1.165) is 24.2 Å². The molecule has 1 N–H and O–H groups in total. The van der Waals surface area contributed by atoms with E-state index in [9.17, 15) is 9.90 Å². The molecule has 1 amide bonds.